The molecule has 0 spiro atoms. The average molecular weight is 242 g/mol. The molecule has 2 heterocycles. The summed E-state index contributed by atoms with van der Waals surface area (Å²) in [6.45, 7) is 4.00. The third-order valence-electron chi connectivity index (χ3n) is 1.83. The second kappa shape index (κ2) is 5.46. The van der Waals surface area contributed by atoms with E-state index in [0.717, 1.165) is 0 Å². The number of aromatic nitrogens is 3. The molecule has 5 nitrogen and oxygen atoms in total. The molecule has 0 saturated carbocycles. The number of ether oxygens (including phenoxy) is 1. The van der Waals surface area contributed by atoms with Gasteiger partial charge in [-0.1, -0.05) is 25.4 Å². The number of aromatic amines is 1. The molecular formula is C10H12ClN3O2. The Kier molecular flexibility index (Phi) is 4.25. The van der Waals surface area contributed by atoms with Crippen molar-refractivity contribution in [1.82, 2.24) is 15.0 Å². The van der Waals surface area contributed by atoms with Gasteiger partial charge in [0.2, 0.25) is 0 Å². The van der Waals surface area contributed by atoms with Gasteiger partial charge < -0.3 is 9.72 Å². The van der Waals surface area contributed by atoms with Gasteiger partial charge in [-0.2, -0.15) is 0 Å². The van der Waals surface area contributed by atoms with Crippen molar-refractivity contribution in [2.75, 3.05) is 7.11 Å². The van der Waals surface area contributed by atoms with Gasteiger partial charge in [0.1, 0.15) is 17.1 Å². The molecule has 0 fully saturated rings. The predicted octanol–water partition coefficient (Wildman–Crippen LogP) is 2.42. The lowest BCUT2D eigenvalue weighted by Gasteiger charge is -1.96. The monoisotopic (exact) mass is 241 g/mol. The first-order chi connectivity index (χ1) is 7.74. The van der Waals surface area contributed by atoms with Gasteiger partial charge in [-0.3, -0.25) is 0 Å². The van der Waals surface area contributed by atoms with E-state index >= 15 is 0 Å². The first kappa shape index (κ1) is 12.4. The summed E-state index contributed by atoms with van der Waals surface area (Å²) in [4.78, 5) is 21.8. The molecule has 0 radical (unpaired) electrons. The van der Waals surface area contributed by atoms with Gasteiger partial charge in [0, 0.05) is 6.20 Å². The van der Waals surface area contributed by atoms with E-state index in [0.29, 0.717) is 16.6 Å². The second-order valence-electron chi connectivity index (χ2n) is 2.58. The molecule has 0 aromatic carbocycles. The van der Waals surface area contributed by atoms with Crippen molar-refractivity contribution in [3.8, 4) is 0 Å². The minimum atomic E-state index is -0.465. The molecule has 16 heavy (non-hydrogen) atoms. The van der Waals surface area contributed by atoms with Crippen LogP contribution in [0, 0.1) is 0 Å². The molecule has 6 heteroatoms. The van der Waals surface area contributed by atoms with E-state index in [1.807, 2.05) is 13.8 Å². The number of fused-ring (bicyclic) bond motifs is 1. The maximum atomic E-state index is 11.3. The van der Waals surface area contributed by atoms with Crippen molar-refractivity contribution in [3.05, 3.63) is 23.2 Å². The summed E-state index contributed by atoms with van der Waals surface area (Å²) in [5.74, 6) is -0.465. The van der Waals surface area contributed by atoms with E-state index < -0.39 is 5.97 Å². The van der Waals surface area contributed by atoms with Crippen LogP contribution in [-0.4, -0.2) is 28.0 Å². The molecule has 0 aliphatic rings. The number of rotatable bonds is 1. The summed E-state index contributed by atoms with van der Waals surface area (Å²) in [7, 11) is 1.30. The van der Waals surface area contributed by atoms with Crippen LogP contribution in [0.25, 0.3) is 11.0 Å². The summed E-state index contributed by atoms with van der Waals surface area (Å²) in [6.07, 6.45) is 2.82. The van der Waals surface area contributed by atoms with E-state index in [2.05, 4.69) is 19.7 Å². The van der Waals surface area contributed by atoms with Crippen LogP contribution in [0.2, 0.25) is 5.15 Å². The zero-order valence-electron chi connectivity index (χ0n) is 9.24. The summed E-state index contributed by atoms with van der Waals surface area (Å²) >= 11 is 5.83. The van der Waals surface area contributed by atoms with Gasteiger partial charge in [-0.15, -0.1) is 0 Å². The number of carbonyl (C=O) groups excluding carboxylic acids is 1. The van der Waals surface area contributed by atoms with Crippen LogP contribution in [0.3, 0.4) is 0 Å². The van der Waals surface area contributed by atoms with Gasteiger partial charge >= 0.3 is 5.97 Å². The second-order valence-corrected chi connectivity index (χ2v) is 2.94. The molecule has 0 bridgehead atoms. The predicted molar refractivity (Wildman–Crippen MR) is 61.6 cm³/mol. The zero-order chi connectivity index (χ0) is 12.1. The van der Waals surface area contributed by atoms with E-state index in [4.69, 9.17) is 11.6 Å². The Balaban J connectivity index is 0.000000606. The Labute approximate surface area is 97.8 Å². The number of esters is 1. The number of nitrogens with zero attached hydrogens (tertiary/aromatic N) is 2. The fourth-order valence-electron chi connectivity index (χ4n) is 1.20. The summed E-state index contributed by atoms with van der Waals surface area (Å²) < 4.78 is 4.58. The summed E-state index contributed by atoms with van der Waals surface area (Å²) in [6, 6.07) is 0. The van der Waals surface area contributed by atoms with E-state index in [1.54, 1.807) is 0 Å². The molecular weight excluding hydrogens is 230 g/mol. The normalized spacial score (nSPS) is 9.50. The molecule has 0 amide bonds. The minimum absolute atomic E-state index is 0.233. The van der Waals surface area contributed by atoms with Crippen LogP contribution >= 0.6 is 11.6 Å². The molecule has 1 N–H and O–H groups in total. The van der Waals surface area contributed by atoms with Crippen molar-refractivity contribution in [2.45, 2.75) is 13.8 Å². The van der Waals surface area contributed by atoms with E-state index in [9.17, 15) is 4.79 Å². The van der Waals surface area contributed by atoms with Crippen LogP contribution in [0.4, 0.5) is 0 Å². The summed E-state index contributed by atoms with van der Waals surface area (Å²) in [5, 5.41) is 0.720. The third kappa shape index (κ3) is 2.14. The zero-order valence-corrected chi connectivity index (χ0v) is 10.00. The lowest BCUT2D eigenvalue weighted by Crippen LogP contribution is -2.00. The maximum Gasteiger partial charge on any atom is 0.340 e. The number of H-pyrrole nitrogens is 1. The lowest BCUT2D eigenvalue weighted by atomic mass is 10.2. The van der Waals surface area contributed by atoms with Crippen LogP contribution < -0.4 is 0 Å². The molecule has 2 rings (SSSR count). The van der Waals surface area contributed by atoms with Crippen molar-refractivity contribution < 1.29 is 9.53 Å². The Morgan fingerprint density at radius 1 is 1.44 bits per heavy atom. The van der Waals surface area contributed by atoms with Crippen molar-refractivity contribution in [1.29, 1.82) is 0 Å². The molecule has 2 aromatic rings. The summed E-state index contributed by atoms with van der Waals surface area (Å²) in [5.41, 5.74) is 0.860. The maximum absolute atomic E-state index is 11.3. The quantitative estimate of drug-likeness (QED) is 0.615. The Morgan fingerprint density at radius 3 is 2.75 bits per heavy atom. The highest BCUT2D eigenvalue weighted by molar-refractivity contribution is 6.35. The van der Waals surface area contributed by atoms with Crippen LogP contribution in [0.15, 0.2) is 12.5 Å². The topological polar surface area (TPSA) is 67.9 Å². The number of methoxy groups -OCH3 is 1. The average Bonchev–Trinajstić information content (AvgIpc) is 2.76. The largest absolute Gasteiger partial charge is 0.465 e. The van der Waals surface area contributed by atoms with Gasteiger partial charge in [-0.05, 0) is 0 Å². The first-order valence-corrected chi connectivity index (χ1v) is 5.17. The lowest BCUT2D eigenvalue weighted by molar-refractivity contribution is 0.0603. The Hall–Kier alpha value is -1.62. The Morgan fingerprint density at radius 2 is 2.12 bits per heavy atom. The Bertz CT molecular complexity index is 496. The van der Waals surface area contributed by atoms with Crippen LogP contribution in [-0.2, 0) is 4.74 Å². The molecule has 2 aromatic heterocycles. The molecule has 0 atom stereocenters. The molecule has 0 aliphatic carbocycles. The third-order valence-corrected chi connectivity index (χ3v) is 2.12. The number of carbonyl (C=O) groups is 1. The SMILES string of the molecule is CC.COC(=O)c1c[nH]c2ncnc(Cl)c12. The van der Waals surface area contributed by atoms with E-state index in [1.165, 1.54) is 19.6 Å². The standard InChI is InChI=1S/C8H6ClN3O2.C2H6/c1-14-8(13)4-2-10-7-5(4)6(9)11-3-12-7;1-2/h2-3H,1H3,(H,10,11,12);1-2H3. The van der Waals surface area contributed by atoms with Gasteiger partial charge in [0.15, 0.2) is 0 Å². The van der Waals surface area contributed by atoms with Gasteiger partial charge in [0.05, 0.1) is 18.1 Å². The van der Waals surface area contributed by atoms with Crippen molar-refractivity contribution in [3.63, 3.8) is 0 Å². The number of nitrogens with one attached hydrogen (secondary N) is 1. The van der Waals surface area contributed by atoms with Gasteiger partial charge in [0.25, 0.3) is 0 Å². The fraction of sp³-hybridized carbons (Fsp3) is 0.300. The molecule has 86 valence electrons. The molecule has 0 unspecified atom stereocenters. The minimum Gasteiger partial charge on any atom is -0.465 e. The smallest absolute Gasteiger partial charge is 0.340 e. The van der Waals surface area contributed by atoms with E-state index in [-0.39, 0.29) is 5.15 Å². The highest BCUT2D eigenvalue weighted by Crippen LogP contribution is 2.23. The van der Waals surface area contributed by atoms with Crippen LogP contribution in [0.1, 0.15) is 24.2 Å². The van der Waals surface area contributed by atoms with Gasteiger partial charge in [-0.25, -0.2) is 14.8 Å². The highest BCUT2D eigenvalue weighted by Gasteiger charge is 2.15. The first-order valence-electron chi connectivity index (χ1n) is 4.80. The number of hydrogen-bond donors (Lipinski definition) is 1. The number of hydrogen-bond acceptors (Lipinski definition) is 4. The molecule has 0 aliphatic heterocycles. The van der Waals surface area contributed by atoms with Crippen molar-refractivity contribution in [2.24, 2.45) is 0 Å². The van der Waals surface area contributed by atoms with Crippen molar-refractivity contribution >= 4 is 28.6 Å². The van der Waals surface area contributed by atoms with Crippen LogP contribution in [0.5, 0.6) is 0 Å². The number of halogens is 1. The fourth-order valence-corrected chi connectivity index (χ4v) is 1.43. The highest BCUT2D eigenvalue weighted by atomic mass is 35.5. The molecule has 0 saturated heterocycles.